The molecular formula is C15H26N4. The van der Waals surface area contributed by atoms with Crippen molar-refractivity contribution in [3.8, 4) is 0 Å². The zero-order chi connectivity index (χ0) is 13.4. The van der Waals surface area contributed by atoms with E-state index in [0.717, 1.165) is 5.92 Å². The van der Waals surface area contributed by atoms with Gasteiger partial charge in [-0.1, -0.05) is 6.92 Å². The van der Waals surface area contributed by atoms with Crippen LogP contribution in [0.5, 0.6) is 0 Å². The average molecular weight is 262 g/mol. The molecule has 1 aliphatic heterocycles. The third-order valence-corrected chi connectivity index (χ3v) is 4.77. The van der Waals surface area contributed by atoms with Gasteiger partial charge >= 0.3 is 0 Å². The lowest BCUT2D eigenvalue weighted by atomic mass is 9.93. The van der Waals surface area contributed by atoms with E-state index in [4.69, 9.17) is 5.73 Å². The van der Waals surface area contributed by atoms with Gasteiger partial charge in [0, 0.05) is 31.4 Å². The van der Waals surface area contributed by atoms with Crippen LogP contribution >= 0.6 is 0 Å². The summed E-state index contributed by atoms with van der Waals surface area (Å²) in [5.41, 5.74) is 7.43. The highest BCUT2D eigenvalue weighted by Crippen LogP contribution is 2.38. The summed E-state index contributed by atoms with van der Waals surface area (Å²) in [6.45, 7) is 6.55. The monoisotopic (exact) mass is 262 g/mol. The minimum Gasteiger partial charge on any atom is -0.330 e. The van der Waals surface area contributed by atoms with Crippen LogP contribution in [-0.2, 0) is 0 Å². The molecule has 0 amide bonds. The molecule has 0 spiro atoms. The van der Waals surface area contributed by atoms with Gasteiger partial charge in [0.1, 0.15) is 0 Å². The number of nitrogens with zero attached hydrogens (tertiary/aromatic N) is 3. The number of aromatic nitrogens is 2. The molecule has 1 aromatic heterocycles. The summed E-state index contributed by atoms with van der Waals surface area (Å²) in [4.78, 5) is 6.97. The van der Waals surface area contributed by atoms with E-state index >= 15 is 0 Å². The van der Waals surface area contributed by atoms with E-state index in [9.17, 15) is 0 Å². The lowest BCUT2D eigenvalue weighted by molar-refractivity contribution is 0.0762. The van der Waals surface area contributed by atoms with Crippen molar-refractivity contribution in [3.63, 3.8) is 0 Å². The molecule has 19 heavy (non-hydrogen) atoms. The molecule has 2 aliphatic rings. The van der Waals surface area contributed by atoms with E-state index in [0.29, 0.717) is 24.7 Å². The topological polar surface area (TPSA) is 47.1 Å². The first-order valence-electron chi connectivity index (χ1n) is 7.68. The summed E-state index contributed by atoms with van der Waals surface area (Å²) < 4.78 is 2.36. The maximum absolute atomic E-state index is 6.11. The molecule has 0 radical (unpaired) electrons. The molecule has 3 atom stereocenters. The molecular weight excluding hydrogens is 236 g/mol. The SMILES string of the molecule is CC1CCC(C)N(C(CN)c2cncn2C2CC2)C1. The van der Waals surface area contributed by atoms with Gasteiger partial charge in [-0.25, -0.2) is 4.98 Å². The van der Waals surface area contributed by atoms with Crippen LogP contribution in [0.3, 0.4) is 0 Å². The molecule has 1 aliphatic carbocycles. The van der Waals surface area contributed by atoms with E-state index < -0.39 is 0 Å². The fourth-order valence-electron chi connectivity index (χ4n) is 3.41. The molecule has 4 heteroatoms. The molecule has 0 aromatic carbocycles. The third kappa shape index (κ3) is 2.56. The van der Waals surface area contributed by atoms with Gasteiger partial charge in [0.05, 0.1) is 18.1 Å². The van der Waals surface area contributed by atoms with Gasteiger partial charge in [-0.05, 0) is 38.5 Å². The zero-order valence-corrected chi connectivity index (χ0v) is 12.1. The maximum Gasteiger partial charge on any atom is 0.0951 e. The maximum atomic E-state index is 6.11. The first-order valence-corrected chi connectivity index (χ1v) is 7.68. The number of rotatable bonds is 4. The van der Waals surface area contributed by atoms with Gasteiger partial charge < -0.3 is 10.3 Å². The van der Waals surface area contributed by atoms with Crippen molar-refractivity contribution in [3.05, 3.63) is 18.2 Å². The fraction of sp³-hybridized carbons (Fsp3) is 0.800. The van der Waals surface area contributed by atoms with Gasteiger partial charge in [0.2, 0.25) is 0 Å². The molecule has 0 bridgehead atoms. The number of imidazole rings is 1. The molecule has 3 unspecified atom stereocenters. The van der Waals surface area contributed by atoms with E-state index in [-0.39, 0.29) is 0 Å². The minimum atomic E-state index is 0.334. The second-order valence-electron chi connectivity index (χ2n) is 6.44. The van der Waals surface area contributed by atoms with Crippen LogP contribution in [-0.4, -0.2) is 33.6 Å². The van der Waals surface area contributed by atoms with Crippen molar-refractivity contribution in [1.82, 2.24) is 14.5 Å². The highest BCUT2D eigenvalue weighted by Gasteiger charge is 2.33. The van der Waals surface area contributed by atoms with Crippen LogP contribution in [0.1, 0.15) is 57.3 Å². The summed E-state index contributed by atoms with van der Waals surface area (Å²) in [5, 5.41) is 0. The van der Waals surface area contributed by atoms with E-state index in [1.54, 1.807) is 0 Å². The van der Waals surface area contributed by atoms with Crippen molar-refractivity contribution in [2.75, 3.05) is 13.1 Å². The van der Waals surface area contributed by atoms with Gasteiger partial charge in [0.25, 0.3) is 0 Å². The number of likely N-dealkylation sites (tertiary alicyclic amines) is 1. The molecule has 1 aromatic rings. The Bertz CT molecular complexity index is 424. The van der Waals surface area contributed by atoms with Crippen molar-refractivity contribution < 1.29 is 0 Å². The van der Waals surface area contributed by atoms with Crippen molar-refractivity contribution >= 4 is 0 Å². The fourth-order valence-corrected chi connectivity index (χ4v) is 3.41. The lowest BCUT2D eigenvalue weighted by Crippen LogP contribution is -2.46. The van der Waals surface area contributed by atoms with Crippen LogP contribution in [0.15, 0.2) is 12.5 Å². The first-order chi connectivity index (χ1) is 9.20. The second-order valence-corrected chi connectivity index (χ2v) is 6.44. The van der Waals surface area contributed by atoms with Gasteiger partial charge in [-0.2, -0.15) is 0 Å². The number of hydrogen-bond donors (Lipinski definition) is 1. The lowest BCUT2D eigenvalue weighted by Gasteiger charge is -2.41. The largest absolute Gasteiger partial charge is 0.330 e. The Balaban J connectivity index is 1.84. The van der Waals surface area contributed by atoms with E-state index in [2.05, 4.69) is 28.3 Å². The minimum absolute atomic E-state index is 0.334. The molecule has 1 saturated heterocycles. The Hall–Kier alpha value is -0.870. The second kappa shape index (κ2) is 5.25. The van der Waals surface area contributed by atoms with Gasteiger partial charge in [-0.3, -0.25) is 4.90 Å². The standard InChI is InChI=1S/C15H26N4/c1-11-3-4-12(2)18(9-11)14(7-16)15-8-17-10-19(15)13-5-6-13/h8,10-14H,3-7,9,16H2,1-2H3. The van der Waals surface area contributed by atoms with Crippen molar-refractivity contribution in [2.24, 2.45) is 11.7 Å². The number of piperidine rings is 1. The molecule has 106 valence electrons. The molecule has 4 nitrogen and oxygen atoms in total. The summed E-state index contributed by atoms with van der Waals surface area (Å²) in [7, 11) is 0. The van der Waals surface area contributed by atoms with Crippen LogP contribution < -0.4 is 5.73 Å². The number of nitrogens with two attached hydrogens (primary N) is 1. The Morgan fingerprint density at radius 3 is 2.79 bits per heavy atom. The van der Waals surface area contributed by atoms with Crippen LogP contribution in [0.25, 0.3) is 0 Å². The Morgan fingerprint density at radius 2 is 2.11 bits per heavy atom. The smallest absolute Gasteiger partial charge is 0.0951 e. The molecule has 2 fully saturated rings. The summed E-state index contributed by atoms with van der Waals surface area (Å²) >= 11 is 0. The summed E-state index contributed by atoms with van der Waals surface area (Å²) in [5.74, 6) is 0.780. The summed E-state index contributed by atoms with van der Waals surface area (Å²) in [6, 6.07) is 1.65. The molecule has 3 rings (SSSR count). The Kier molecular flexibility index (Phi) is 3.63. The van der Waals surface area contributed by atoms with Crippen LogP contribution in [0.4, 0.5) is 0 Å². The molecule has 2 N–H and O–H groups in total. The van der Waals surface area contributed by atoms with Crippen LogP contribution in [0.2, 0.25) is 0 Å². The Morgan fingerprint density at radius 1 is 1.32 bits per heavy atom. The highest BCUT2D eigenvalue weighted by molar-refractivity contribution is 5.11. The van der Waals surface area contributed by atoms with Crippen LogP contribution in [0, 0.1) is 5.92 Å². The van der Waals surface area contributed by atoms with Gasteiger partial charge in [-0.15, -0.1) is 0 Å². The normalized spacial score (nSPS) is 30.5. The highest BCUT2D eigenvalue weighted by atomic mass is 15.2. The predicted molar refractivity (Wildman–Crippen MR) is 76.9 cm³/mol. The average Bonchev–Trinajstić information content (AvgIpc) is 3.14. The summed E-state index contributed by atoms with van der Waals surface area (Å²) in [6.07, 6.45) is 9.25. The first kappa shape index (κ1) is 13.1. The van der Waals surface area contributed by atoms with E-state index in [1.807, 2.05) is 12.5 Å². The zero-order valence-electron chi connectivity index (χ0n) is 12.1. The van der Waals surface area contributed by atoms with Gasteiger partial charge in [0.15, 0.2) is 0 Å². The molecule has 2 heterocycles. The quantitative estimate of drug-likeness (QED) is 0.906. The predicted octanol–water partition coefficient (Wildman–Crippen LogP) is 2.34. The Labute approximate surface area is 116 Å². The number of hydrogen-bond acceptors (Lipinski definition) is 3. The van der Waals surface area contributed by atoms with Crippen molar-refractivity contribution in [1.29, 1.82) is 0 Å². The third-order valence-electron chi connectivity index (χ3n) is 4.77. The molecule has 1 saturated carbocycles. The van der Waals surface area contributed by atoms with Crippen molar-refractivity contribution in [2.45, 2.75) is 57.7 Å². The van der Waals surface area contributed by atoms with E-state index in [1.165, 1.54) is 37.9 Å².